The van der Waals surface area contributed by atoms with Gasteiger partial charge in [-0.2, -0.15) is 0 Å². The van der Waals surface area contributed by atoms with Crippen LogP contribution in [0.15, 0.2) is 24.3 Å². The van der Waals surface area contributed by atoms with Gasteiger partial charge in [0, 0.05) is 25.4 Å². The van der Waals surface area contributed by atoms with E-state index in [4.69, 9.17) is 4.74 Å². The second kappa shape index (κ2) is 6.92. The van der Waals surface area contributed by atoms with Crippen molar-refractivity contribution < 1.29 is 4.74 Å². The van der Waals surface area contributed by atoms with Gasteiger partial charge in [0.25, 0.3) is 0 Å². The minimum atomic E-state index is 0.436. The molecule has 3 heteroatoms. The van der Waals surface area contributed by atoms with E-state index in [0.717, 1.165) is 32.6 Å². The lowest BCUT2D eigenvalue weighted by molar-refractivity contribution is 0.193. The number of anilines is 1. The number of likely N-dealkylation sites (N-methyl/N-ethyl adjacent to an activating group) is 1. The van der Waals surface area contributed by atoms with Crippen LogP contribution < -0.4 is 10.2 Å². The summed E-state index contributed by atoms with van der Waals surface area (Å²) in [5.74, 6) is 0. The highest BCUT2D eigenvalue weighted by atomic mass is 16.5. The number of benzene rings is 1. The van der Waals surface area contributed by atoms with Gasteiger partial charge >= 0.3 is 0 Å². The fourth-order valence-corrected chi connectivity index (χ4v) is 2.85. The van der Waals surface area contributed by atoms with E-state index in [0.29, 0.717) is 12.1 Å². The summed E-state index contributed by atoms with van der Waals surface area (Å²) in [6.45, 7) is 7.15. The van der Waals surface area contributed by atoms with Crippen molar-refractivity contribution in [3.05, 3.63) is 29.8 Å². The Bertz CT molecular complexity index is 388. The van der Waals surface area contributed by atoms with Gasteiger partial charge in [0.2, 0.25) is 0 Å². The zero-order valence-electron chi connectivity index (χ0n) is 12.4. The maximum atomic E-state index is 5.52. The molecular weight excluding hydrogens is 236 g/mol. The van der Waals surface area contributed by atoms with Crippen LogP contribution in [0.1, 0.15) is 38.3 Å². The van der Waals surface area contributed by atoms with Gasteiger partial charge in [0.15, 0.2) is 0 Å². The smallest absolute Gasteiger partial charge is 0.0670 e. The molecule has 1 saturated heterocycles. The molecule has 1 aliphatic rings. The van der Waals surface area contributed by atoms with Gasteiger partial charge in [0.1, 0.15) is 0 Å². The third-order valence-corrected chi connectivity index (χ3v) is 4.00. The molecular formula is C16H26N2O. The van der Waals surface area contributed by atoms with E-state index in [1.807, 2.05) is 0 Å². The Balaban J connectivity index is 2.23. The number of nitrogens with zero attached hydrogens (tertiary/aromatic N) is 1. The minimum Gasteiger partial charge on any atom is -0.379 e. The molecule has 1 aromatic rings. The lowest BCUT2D eigenvalue weighted by Gasteiger charge is -2.30. The van der Waals surface area contributed by atoms with E-state index in [1.165, 1.54) is 11.3 Å². The molecule has 2 atom stereocenters. The predicted octanol–water partition coefficient (Wildman–Crippen LogP) is 2.97. The summed E-state index contributed by atoms with van der Waals surface area (Å²) in [7, 11) is 2.19. The Morgan fingerprint density at radius 2 is 2.16 bits per heavy atom. The molecule has 0 amide bonds. The average molecular weight is 262 g/mol. The van der Waals surface area contributed by atoms with Gasteiger partial charge in [-0.05, 0) is 31.0 Å². The second-order valence-electron chi connectivity index (χ2n) is 5.21. The Hall–Kier alpha value is -1.06. The third kappa shape index (κ3) is 3.28. The number of ether oxygens (including phenoxy) is 1. The lowest BCUT2D eigenvalue weighted by Crippen LogP contribution is -2.33. The monoisotopic (exact) mass is 262 g/mol. The highest BCUT2D eigenvalue weighted by Gasteiger charge is 2.23. The van der Waals surface area contributed by atoms with Crippen molar-refractivity contribution in [2.45, 2.75) is 38.8 Å². The van der Waals surface area contributed by atoms with Crippen LogP contribution in [0.3, 0.4) is 0 Å². The first-order valence-corrected chi connectivity index (χ1v) is 7.40. The van der Waals surface area contributed by atoms with Gasteiger partial charge in [-0.3, -0.25) is 0 Å². The molecule has 0 saturated carbocycles. The van der Waals surface area contributed by atoms with E-state index in [-0.39, 0.29) is 0 Å². The van der Waals surface area contributed by atoms with Crippen molar-refractivity contribution in [2.24, 2.45) is 0 Å². The highest BCUT2D eigenvalue weighted by molar-refractivity contribution is 5.55. The largest absolute Gasteiger partial charge is 0.379 e. The van der Waals surface area contributed by atoms with E-state index in [9.17, 15) is 0 Å². The molecule has 1 aliphatic heterocycles. The number of nitrogens with one attached hydrogen (secondary N) is 1. The quantitative estimate of drug-likeness (QED) is 0.853. The summed E-state index contributed by atoms with van der Waals surface area (Å²) in [6.07, 6.45) is 2.24. The molecule has 106 valence electrons. The number of hydrogen-bond donors (Lipinski definition) is 1. The van der Waals surface area contributed by atoms with Crippen LogP contribution in [0.2, 0.25) is 0 Å². The van der Waals surface area contributed by atoms with Gasteiger partial charge in [-0.25, -0.2) is 0 Å². The van der Waals surface area contributed by atoms with E-state index in [1.54, 1.807) is 0 Å². The van der Waals surface area contributed by atoms with Crippen LogP contribution in [-0.4, -0.2) is 32.8 Å². The Labute approximate surface area is 116 Å². The van der Waals surface area contributed by atoms with Crippen LogP contribution >= 0.6 is 0 Å². The topological polar surface area (TPSA) is 24.5 Å². The van der Waals surface area contributed by atoms with Crippen LogP contribution in [0.5, 0.6) is 0 Å². The van der Waals surface area contributed by atoms with Crippen LogP contribution in [0.4, 0.5) is 5.69 Å². The Morgan fingerprint density at radius 3 is 2.79 bits per heavy atom. The fraction of sp³-hybridized carbons (Fsp3) is 0.625. The molecule has 2 unspecified atom stereocenters. The summed E-state index contributed by atoms with van der Waals surface area (Å²) >= 11 is 0. The van der Waals surface area contributed by atoms with Crippen LogP contribution in [-0.2, 0) is 4.74 Å². The normalized spacial score (nSPS) is 20.5. The average Bonchev–Trinajstić information content (AvgIpc) is 2.98. The summed E-state index contributed by atoms with van der Waals surface area (Å²) in [5.41, 5.74) is 2.74. The minimum absolute atomic E-state index is 0.436. The van der Waals surface area contributed by atoms with E-state index in [2.05, 4.69) is 55.4 Å². The zero-order valence-corrected chi connectivity index (χ0v) is 12.4. The molecule has 0 bridgehead atoms. The molecule has 3 nitrogen and oxygen atoms in total. The summed E-state index contributed by atoms with van der Waals surface area (Å²) in [6, 6.07) is 9.69. The van der Waals surface area contributed by atoms with Gasteiger partial charge in [0.05, 0.1) is 12.6 Å². The zero-order chi connectivity index (χ0) is 13.7. The first-order valence-electron chi connectivity index (χ1n) is 7.40. The summed E-state index contributed by atoms with van der Waals surface area (Å²) in [4.78, 5) is 2.39. The first kappa shape index (κ1) is 14.4. The molecule has 0 radical (unpaired) electrons. The van der Waals surface area contributed by atoms with Crippen molar-refractivity contribution in [2.75, 3.05) is 31.7 Å². The van der Waals surface area contributed by atoms with E-state index < -0.39 is 0 Å². The van der Waals surface area contributed by atoms with Crippen LogP contribution in [0, 0.1) is 0 Å². The molecule has 0 aromatic heterocycles. The van der Waals surface area contributed by atoms with Crippen LogP contribution in [0.25, 0.3) is 0 Å². The van der Waals surface area contributed by atoms with Crippen molar-refractivity contribution in [1.82, 2.24) is 5.32 Å². The molecule has 0 spiro atoms. The Morgan fingerprint density at radius 1 is 1.37 bits per heavy atom. The van der Waals surface area contributed by atoms with Crippen molar-refractivity contribution >= 4 is 5.69 Å². The SMILES string of the molecule is CCNC(CC)c1ccccc1N(C)C1CCOC1. The van der Waals surface area contributed by atoms with Gasteiger partial charge in [-0.15, -0.1) is 0 Å². The maximum absolute atomic E-state index is 5.52. The number of rotatable bonds is 6. The lowest BCUT2D eigenvalue weighted by atomic mass is 10.0. The molecule has 1 N–H and O–H groups in total. The van der Waals surface area contributed by atoms with Crippen molar-refractivity contribution in [1.29, 1.82) is 0 Å². The summed E-state index contributed by atoms with van der Waals surface area (Å²) in [5, 5.41) is 3.58. The van der Waals surface area contributed by atoms with Gasteiger partial charge < -0.3 is 15.0 Å². The predicted molar refractivity (Wildman–Crippen MR) is 80.8 cm³/mol. The van der Waals surface area contributed by atoms with Crippen molar-refractivity contribution in [3.63, 3.8) is 0 Å². The number of hydrogen-bond acceptors (Lipinski definition) is 3. The molecule has 19 heavy (non-hydrogen) atoms. The van der Waals surface area contributed by atoms with Gasteiger partial charge in [-0.1, -0.05) is 32.0 Å². The second-order valence-corrected chi connectivity index (χ2v) is 5.21. The standard InChI is InChI=1S/C16H26N2O/c1-4-15(17-5-2)14-8-6-7-9-16(14)18(3)13-10-11-19-12-13/h6-9,13,15,17H,4-5,10-12H2,1-3H3. The number of para-hydroxylation sites is 1. The Kier molecular flexibility index (Phi) is 5.23. The molecule has 1 aromatic carbocycles. The molecule has 1 heterocycles. The highest BCUT2D eigenvalue weighted by Crippen LogP contribution is 2.30. The molecule has 0 aliphatic carbocycles. The summed E-state index contributed by atoms with van der Waals surface area (Å²) < 4.78 is 5.52. The maximum Gasteiger partial charge on any atom is 0.0670 e. The van der Waals surface area contributed by atoms with E-state index >= 15 is 0 Å². The fourth-order valence-electron chi connectivity index (χ4n) is 2.85. The van der Waals surface area contributed by atoms with Crippen molar-refractivity contribution in [3.8, 4) is 0 Å². The molecule has 1 fully saturated rings. The first-order chi connectivity index (χ1) is 9.27. The third-order valence-electron chi connectivity index (χ3n) is 4.00. The molecule has 2 rings (SSSR count).